The standard InChI is InChI=1S/C11H23N3O2S/c1-13(2)5-3-6-14-7-4-12-10-8-17(15,16)9-11(10)14/h10-12H,3-9H2,1-2H3. The summed E-state index contributed by atoms with van der Waals surface area (Å²) >= 11 is 0. The predicted molar refractivity (Wildman–Crippen MR) is 69.0 cm³/mol. The molecule has 2 heterocycles. The summed E-state index contributed by atoms with van der Waals surface area (Å²) in [4.78, 5) is 4.53. The lowest BCUT2D eigenvalue weighted by molar-refractivity contribution is 0.143. The highest BCUT2D eigenvalue weighted by Gasteiger charge is 2.42. The number of hydrogen-bond donors (Lipinski definition) is 1. The molecule has 0 bridgehead atoms. The van der Waals surface area contributed by atoms with Crippen LogP contribution in [-0.2, 0) is 9.84 Å². The van der Waals surface area contributed by atoms with E-state index in [1.165, 1.54) is 0 Å². The van der Waals surface area contributed by atoms with Crippen LogP contribution in [0.2, 0.25) is 0 Å². The fourth-order valence-corrected chi connectivity index (χ4v) is 4.80. The zero-order chi connectivity index (χ0) is 12.5. The minimum Gasteiger partial charge on any atom is -0.310 e. The molecule has 0 amide bonds. The SMILES string of the molecule is CN(C)CCCN1CCNC2CS(=O)(=O)CC21. The first kappa shape index (κ1) is 13.3. The van der Waals surface area contributed by atoms with E-state index in [4.69, 9.17) is 0 Å². The van der Waals surface area contributed by atoms with Crippen molar-refractivity contribution in [3.63, 3.8) is 0 Å². The summed E-state index contributed by atoms with van der Waals surface area (Å²) in [7, 11) is 1.32. The molecule has 2 atom stereocenters. The van der Waals surface area contributed by atoms with E-state index in [-0.39, 0.29) is 12.1 Å². The molecule has 2 aliphatic rings. The van der Waals surface area contributed by atoms with Crippen LogP contribution < -0.4 is 5.32 Å². The second kappa shape index (κ2) is 5.22. The van der Waals surface area contributed by atoms with Crippen LogP contribution in [0.25, 0.3) is 0 Å². The average molecular weight is 261 g/mol. The van der Waals surface area contributed by atoms with Gasteiger partial charge in [0.05, 0.1) is 11.5 Å². The molecule has 2 unspecified atom stereocenters. The second-order valence-electron chi connectivity index (χ2n) is 5.40. The molecule has 0 aromatic heterocycles. The van der Waals surface area contributed by atoms with Gasteiger partial charge in [0.1, 0.15) is 0 Å². The van der Waals surface area contributed by atoms with Gasteiger partial charge in [0.2, 0.25) is 0 Å². The Morgan fingerprint density at radius 2 is 2.12 bits per heavy atom. The van der Waals surface area contributed by atoms with Gasteiger partial charge >= 0.3 is 0 Å². The molecule has 0 spiro atoms. The van der Waals surface area contributed by atoms with Crippen LogP contribution >= 0.6 is 0 Å². The monoisotopic (exact) mass is 261 g/mol. The number of piperazine rings is 1. The summed E-state index contributed by atoms with van der Waals surface area (Å²) in [6.45, 7) is 3.97. The Balaban J connectivity index is 1.90. The van der Waals surface area contributed by atoms with E-state index in [1.54, 1.807) is 0 Å². The van der Waals surface area contributed by atoms with E-state index in [9.17, 15) is 8.42 Å². The van der Waals surface area contributed by atoms with Crippen molar-refractivity contribution in [3.05, 3.63) is 0 Å². The van der Waals surface area contributed by atoms with E-state index >= 15 is 0 Å². The fraction of sp³-hybridized carbons (Fsp3) is 1.00. The minimum atomic E-state index is -2.82. The van der Waals surface area contributed by atoms with E-state index in [0.29, 0.717) is 11.5 Å². The van der Waals surface area contributed by atoms with E-state index in [2.05, 4.69) is 29.2 Å². The summed E-state index contributed by atoms with van der Waals surface area (Å²) in [6, 6.07) is 0.365. The van der Waals surface area contributed by atoms with Gasteiger partial charge in [-0.25, -0.2) is 8.42 Å². The first-order valence-electron chi connectivity index (χ1n) is 6.30. The Labute approximate surface area is 104 Å². The molecule has 0 radical (unpaired) electrons. The van der Waals surface area contributed by atoms with Crippen LogP contribution in [0.5, 0.6) is 0 Å². The van der Waals surface area contributed by atoms with Crippen LogP contribution in [0.15, 0.2) is 0 Å². The van der Waals surface area contributed by atoms with Crippen molar-refractivity contribution in [2.24, 2.45) is 0 Å². The van der Waals surface area contributed by atoms with E-state index < -0.39 is 9.84 Å². The summed E-state index contributed by atoms with van der Waals surface area (Å²) in [5.41, 5.74) is 0. The first-order chi connectivity index (χ1) is 7.98. The fourth-order valence-electron chi connectivity index (χ4n) is 2.81. The molecule has 1 N–H and O–H groups in total. The van der Waals surface area contributed by atoms with Crippen molar-refractivity contribution in [1.29, 1.82) is 0 Å². The summed E-state index contributed by atoms with van der Waals surface area (Å²) in [6.07, 6.45) is 1.11. The molecule has 0 saturated carbocycles. The molecular weight excluding hydrogens is 238 g/mol. The van der Waals surface area contributed by atoms with Gasteiger partial charge in [-0.2, -0.15) is 0 Å². The topological polar surface area (TPSA) is 52.6 Å². The van der Waals surface area contributed by atoms with Crippen LogP contribution in [0.3, 0.4) is 0 Å². The molecule has 100 valence electrons. The lowest BCUT2D eigenvalue weighted by Gasteiger charge is -2.37. The first-order valence-corrected chi connectivity index (χ1v) is 8.13. The van der Waals surface area contributed by atoms with Gasteiger partial charge in [-0.1, -0.05) is 0 Å². The molecule has 2 fully saturated rings. The third-order valence-electron chi connectivity index (χ3n) is 3.65. The number of sulfone groups is 1. The Morgan fingerprint density at radius 3 is 2.82 bits per heavy atom. The highest BCUT2D eigenvalue weighted by molar-refractivity contribution is 7.91. The molecule has 2 saturated heterocycles. The van der Waals surface area contributed by atoms with Crippen molar-refractivity contribution in [2.45, 2.75) is 18.5 Å². The average Bonchev–Trinajstić information content (AvgIpc) is 2.52. The maximum absolute atomic E-state index is 11.6. The Hall–Kier alpha value is -0.170. The van der Waals surface area contributed by atoms with Crippen molar-refractivity contribution in [2.75, 3.05) is 51.8 Å². The highest BCUT2D eigenvalue weighted by atomic mass is 32.2. The third-order valence-corrected chi connectivity index (χ3v) is 5.36. The van der Waals surface area contributed by atoms with Crippen molar-refractivity contribution in [3.8, 4) is 0 Å². The van der Waals surface area contributed by atoms with Gasteiger partial charge in [-0.15, -0.1) is 0 Å². The minimum absolute atomic E-state index is 0.160. The molecule has 2 rings (SSSR count). The summed E-state index contributed by atoms with van der Waals surface area (Å²) < 4.78 is 23.3. The third kappa shape index (κ3) is 3.40. The molecule has 5 nitrogen and oxygen atoms in total. The van der Waals surface area contributed by atoms with E-state index in [1.807, 2.05) is 0 Å². The van der Waals surface area contributed by atoms with Gasteiger partial charge in [0.25, 0.3) is 0 Å². The van der Waals surface area contributed by atoms with Crippen LogP contribution in [0.4, 0.5) is 0 Å². The molecule has 0 aromatic rings. The summed E-state index contributed by atoms with van der Waals surface area (Å²) in [5.74, 6) is 0.661. The lowest BCUT2D eigenvalue weighted by atomic mass is 10.1. The zero-order valence-electron chi connectivity index (χ0n) is 10.7. The highest BCUT2D eigenvalue weighted by Crippen LogP contribution is 2.21. The second-order valence-corrected chi connectivity index (χ2v) is 7.55. The Kier molecular flexibility index (Phi) is 4.07. The van der Waals surface area contributed by atoms with Gasteiger partial charge in [-0.05, 0) is 33.6 Å². The molecule has 6 heteroatoms. The predicted octanol–water partition coefficient (Wildman–Crippen LogP) is -0.991. The number of nitrogens with one attached hydrogen (secondary N) is 1. The maximum atomic E-state index is 11.6. The van der Waals surface area contributed by atoms with Gasteiger partial charge in [0.15, 0.2) is 9.84 Å². The summed E-state index contributed by atoms with van der Waals surface area (Å²) in [5, 5.41) is 3.33. The van der Waals surface area contributed by atoms with Crippen molar-refractivity contribution in [1.82, 2.24) is 15.1 Å². The zero-order valence-corrected chi connectivity index (χ0v) is 11.5. The normalized spacial score (nSPS) is 32.9. The van der Waals surface area contributed by atoms with Crippen LogP contribution in [0, 0.1) is 0 Å². The molecule has 17 heavy (non-hydrogen) atoms. The number of rotatable bonds is 4. The van der Waals surface area contributed by atoms with Crippen molar-refractivity contribution < 1.29 is 8.42 Å². The quantitative estimate of drug-likeness (QED) is 0.704. The van der Waals surface area contributed by atoms with Gasteiger partial charge in [-0.3, -0.25) is 4.90 Å². The van der Waals surface area contributed by atoms with Crippen LogP contribution in [-0.4, -0.2) is 82.1 Å². The van der Waals surface area contributed by atoms with Crippen LogP contribution in [0.1, 0.15) is 6.42 Å². The molecule has 0 aromatic carbocycles. The Morgan fingerprint density at radius 1 is 1.35 bits per heavy atom. The maximum Gasteiger partial charge on any atom is 0.153 e. The molecular formula is C11H23N3O2S. The van der Waals surface area contributed by atoms with Crippen molar-refractivity contribution >= 4 is 9.84 Å². The van der Waals surface area contributed by atoms with Gasteiger partial charge < -0.3 is 10.2 Å². The largest absolute Gasteiger partial charge is 0.310 e. The Bertz CT molecular complexity index is 356. The molecule has 2 aliphatic heterocycles. The molecule has 0 aliphatic carbocycles. The number of fused-ring (bicyclic) bond motifs is 1. The number of hydrogen-bond acceptors (Lipinski definition) is 5. The number of nitrogens with zero attached hydrogens (tertiary/aromatic N) is 2. The van der Waals surface area contributed by atoms with E-state index in [0.717, 1.165) is 32.6 Å². The smallest absolute Gasteiger partial charge is 0.153 e. The lowest BCUT2D eigenvalue weighted by Crippen LogP contribution is -2.57. The van der Waals surface area contributed by atoms with Gasteiger partial charge in [0, 0.05) is 25.2 Å².